The number of rotatable bonds is 5. The predicted molar refractivity (Wildman–Crippen MR) is 42.8 cm³/mol. The molecule has 0 bridgehead atoms. The average molecular weight is 146 g/mol. The molecule has 0 radical (unpaired) electrons. The molecule has 0 aromatic heterocycles. The number of thioether (sulfide) groups is 1. The molecule has 1 unspecified atom stereocenters. The fourth-order valence-electron chi connectivity index (χ4n) is 0.618. The van der Waals surface area contributed by atoms with Crippen molar-refractivity contribution in [3.63, 3.8) is 0 Å². The summed E-state index contributed by atoms with van der Waals surface area (Å²) in [6.45, 7) is 1.97. The standard InChI is InChI=1S/C7H14OS/c1-7(6-8)4-3-5-9-2/h6-7H,3-5H2,1-2H3. The smallest absolute Gasteiger partial charge is 0.122 e. The SMILES string of the molecule is CSCCCC(C)C=O. The Morgan fingerprint density at radius 3 is 2.78 bits per heavy atom. The molecule has 0 saturated heterocycles. The Morgan fingerprint density at radius 1 is 1.67 bits per heavy atom. The highest BCUT2D eigenvalue weighted by atomic mass is 32.2. The van der Waals surface area contributed by atoms with E-state index in [9.17, 15) is 4.79 Å². The highest BCUT2D eigenvalue weighted by molar-refractivity contribution is 7.98. The molecular formula is C7H14OS. The second kappa shape index (κ2) is 6.14. The van der Waals surface area contributed by atoms with Crippen LogP contribution in [0.1, 0.15) is 19.8 Å². The zero-order chi connectivity index (χ0) is 7.11. The molecule has 0 spiro atoms. The number of hydrogen-bond acceptors (Lipinski definition) is 2. The molecule has 0 aliphatic rings. The first-order chi connectivity index (χ1) is 4.31. The third kappa shape index (κ3) is 5.90. The summed E-state index contributed by atoms with van der Waals surface area (Å²) in [6, 6.07) is 0. The molecule has 0 amide bonds. The van der Waals surface area contributed by atoms with Gasteiger partial charge in [-0.25, -0.2) is 0 Å². The van der Waals surface area contributed by atoms with Crippen LogP contribution < -0.4 is 0 Å². The van der Waals surface area contributed by atoms with Gasteiger partial charge in [0.25, 0.3) is 0 Å². The molecule has 0 saturated carbocycles. The van der Waals surface area contributed by atoms with Crippen LogP contribution in [-0.4, -0.2) is 18.3 Å². The van der Waals surface area contributed by atoms with Gasteiger partial charge in [-0.3, -0.25) is 0 Å². The Bertz CT molecular complexity index is 73.3. The van der Waals surface area contributed by atoms with Crippen LogP contribution >= 0.6 is 11.8 Å². The Kier molecular flexibility index (Phi) is 6.16. The normalized spacial score (nSPS) is 13.1. The highest BCUT2D eigenvalue weighted by Gasteiger charge is 1.96. The molecule has 0 aliphatic heterocycles. The van der Waals surface area contributed by atoms with Crippen LogP contribution in [0.2, 0.25) is 0 Å². The molecule has 0 heterocycles. The van der Waals surface area contributed by atoms with E-state index in [1.54, 1.807) is 0 Å². The van der Waals surface area contributed by atoms with E-state index in [1.165, 1.54) is 12.2 Å². The van der Waals surface area contributed by atoms with Crippen LogP contribution in [0, 0.1) is 5.92 Å². The molecule has 0 aromatic rings. The lowest BCUT2D eigenvalue weighted by atomic mass is 10.1. The maximum Gasteiger partial charge on any atom is 0.122 e. The van der Waals surface area contributed by atoms with E-state index in [1.807, 2.05) is 18.7 Å². The van der Waals surface area contributed by atoms with Gasteiger partial charge in [0.2, 0.25) is 0 Å². The number of carbonyl (C=O) groups excluding carboxylic acids is 1. The maximum atomic E-state index is 10.1. The number of aldehydes is 1. The molecule has 0 rings (SSSR count). The summed E-state index contributed by atoms with van der Waals surface area (Å²) in [4.78, 5) is 10.1. The van der Waals surface area contributed by atoms with Crippen molar-refractivity contribution in [2.45, 2.75) is 19.8 Å². The quantitative estimate of drug-likeness (QED) is 0.435. The van der Waals surface area contributed by atoms with E-state index in [0.717, 1.165) is 12.7 Å². The third-order valence-electron chi connectivity index (χ3n) is 1.24. The molecule has 54 valence electrons. The third-order valence-corrected chi connectivity index (χ3v) is 1.94. The van der Waals surface area contributed by atoms with Crippen molar-refractivity contribution in [1.29, 1.82) is 0 Å². The van der Waals surface area contributed by atoms with Gasteiger partial charge < -0.3 is 4.79 Å². The van der Waals surface area contributed by atoms with E-state index in [-0.39, 0.29) is 5.92 Å². The maximum absolute atomic E-state index is 10.1. The summed E-state index contributed by atoms with van der Waals surface area (Å²) >= 11 is 1.84. The van der Waals surface area contributed by atoms with Gasteiger partial charge in [0.05, 0.1) is 0 Å². The summed E-state index contributed by atoms with van der Waals surface area (Å²) in [5.41, 5.74) is 0. The molecule has 1 nitrogen and oxygen atoms in total. The molecule has 0 aromatic carbocycles. The van der Waals surface area contributed by atoms with Crippen molar-refractivity contribution < 1.29 is 4.79 Å². The lowest BCUT2D eigenvalue weighted by Gasteiger charge is -1.99. The van der Waals surface area contributed by atoms with Gasteiger partial charge in [-0.15, -0.1) is 0 Å². The van der Waals surface area contributed by atoms with Crippen LogP contribution in [0.3, 0.4) is 0 Å². The van der Waals surface area contributed by atoms with Gasteiger partial charge in [-0.05, 0) is 24.9 Å². The molecule has 0 N–H and O–H groups in total. The van der Waals surface area contributed by atoms with Crippen molar-refractivity contribution in [1.82, 2.24) is 0 Å². The fourth-order valence-corrected chi connectivity index (χ4v) is 1.07. The summed E-state index contributed by atoms with van der Waals surface area (Å²) in [5.74, 6) is 1.44. The lowest BCUT2D eigenvalue weighted by Crippen LogP contribution is -1.95. The van der Waals surface area contributed by atoms with E-state index in [0.29, 0.717) is 0 Å². The van der Waals surface area contributed by atoms with Gasteiger partial charge in [0.15, 0.2) is 0 Å². The van der Waals surface area contributed by atoms with Crippen LogP contribution in [0.15, 0.2) is 0 Å². The molecule has 0 aliphatic carbocycles. The van der Waals surface area contributed by atoms with Gasteiger partial charge in [0.1, 0.15) is 6.29 Å². The Balaban J connectivity index is 2.96. The van der Waals surface area contributed by atoms with Gasteiger partial charge in [-0.2, -0.15) is 11.8 Å². The van der Waals surface area contributed by atoms with Crippen LogP contribution in [0.4, 0.5) is 0 Å². The second-order valence-corrected chi connectivity index (χ2v) is 3.23. The largest absolute Gasteiger partial charge is 0.303 e. The minimum absolute atomic E-state index is 0.261. The Labute approximate surface area is 61.2 Å². The zero-order valence-electron chi connectivity index (χ0n) is 6.09. The first-order valence-electron chi connectivity index (χ1n) is 3.25. The summed E-state index contributed by atoms with van der Waals surface area (Å²) in [7, 11) is 0. The average Bonchev–Trinajstić information content (AvgIpc) is 1.89. The van der Waals surface area contributed by atoms with Crippen LogP contribution in [0.5, 0.6) is 0 Å². The molecule has 9 heavy (non-hydrogen) atoms. The number of hydrogen-bond donors (Lipinski definition) is 0. The van der Waals surface area contributed by atoms with E-state index >= 15 is 0 Å². The van der Waals surface area contributed by atoms with Crippen LogP contribution in [-0.2, 0) is 4.79 Å². The molecule has 2 heteroatoms. The monoisotopic (exact) mass is 146 g/mol. The van der Waals surface area contributed by atoms with Crippen molar-refractivity contribution in [2.75, 3.05) is 12.0 Å². The minimum Gasteiger partial charge on any atom is -0.303 e. The Hall–Kier alpha value is 0.0200. The Morgan fingerprint density at radius 2 is 2.33 bits per heavy atom. The van der Waals surface area contributed by atoms with Gasteiger partial charge in [0, 0.05) is 5.92 Å². The molecular weight excluding hydrogens is 132 g/mol. The van der Waals surface area contributed by atoms with E-state index in [2.05, 4.69) is 6.26 Å². The highest BCUT2D eigenvalue weighted by Crippen LogP contribution is 2.05. The zero-order valence-corrected chi connectivity index (χ0v) is 6.91. The first-order valence-corrected chi connectivity index (χ1v) is 4.65. The summed E-state index contributed by atoms with van der Waals surface area (Å²) in [6.07, 6.45) is 5.33. The lowest BCUT2D eigenvalue weighted by molar-refractivity contribution is -0.110. The first kappa shape index (κ1) is 9.02. The van der Waals surface area contributed by atoms with Crippen molar-refractivity contribution >= 4 is 18.0 Å². The minimum atomic E-state index is 0.261. The summed E-state index contributed by atoms with van der Waals surface area (Å²) in [5, 5.41) is 0. The second-order valence-electron chi connectivity index (χ2n) is 2.25. The van der Waals surface area contributed by atoms with Crippen molar-refractivity contribution in [2.24, 2.45) is 5.92 Å². The molecule has 0 fully saturated rings. The van der Waals surface area contributed by atoms with E-state index < -0.39 is 0 Å². The summed E-state index contributed by atoms with van der Waals surface area (Å²) < 4.78 is 0. The fraction of sp³-hybridized carbons (Fsp3) is 0.857. The van der Waals surface area contributed by atoms with Gasteiger partial charge in [-0.1, -0.05) is 6.92 Å². The topological polar surface area (TPSA) is 17.1 Å². The predicted octanol–water partition coefficient (Wildman–Crippen LogP) is 1.96. The van der Waals surface area contributed by atoms with Crippen LogP contribution in [0.25, 0.3) is 0 Å². The van der Waals surface area contributed by atoms with Gasteiger partial charge >= 0.3 is 0 Å². The van der Waals surface area contributed by atoms with Crippen molar-refractivity contribution in [3.8, 4) is 0 Å². The van der Waals surface area contributed by atoms with Crippen molar-refractivity contribution in [3.05, 3.63) is 0 Å². The number of carbonyl (C=O) groups is 1. The van der Waals surface area contributed by atoms with E-state index in [4.69, 9.17) is 0 Å². The molecule has 1 atom stereocenters.